The molecule has 0 aliphatic heterocycles. The number of aromatic nitrogens is 3. The Bertz CT molecular complexity index is 1410. The molecule has 0 bridgehead atoms. The number of benzene rings is 2. The van der Waals surface area contributed by atoms with Crippen LogP contribution in [0.2, 0.25) is 0 Å². The van der Waals surface area contributed by atoms with Gasteiger partial charge in [0.15, 0.2) is 0 Å². The number of methoxy groups -OCH3 is 1. The summed E-state index contributed by atoms with van der Waals surface area (Å²) >= 11 is 0. The second-order valence-corrected chi connectivity index (χ2v) is 7.81. The lowest BCUT2D eigenvalue weighted by molar-refractivity contribution is -0.137. The highest BCUT2D eigenvalue weighted by molar-refractivity contribution is 6.07. The van der Waals surface area contributed by atoms with Crippen LogP contribution < -0.4 is 10.9 Å². The van der Waals surface area contributed by atoms with E-state index < -0.39 is 17.3 Å². The Morgan fingerprint density at radius 1 is 1.15 bits per heavy atom. The molecule has 1 amide bonds. The normalized spacial score (nSPS) is 12.9. The van der Waals surface area contributed by atoms with Crippen molar-refractivity contribution >= 4 is 27.7 Å². The molecule has 2 aromatic carbocycles. The third-order valence-corrected chi connectivity index (χ3v) is 5.26. The summed E-state index contributed by atoms with van der Waals surface area (Å²) in [6, 6.07) is 8.93. The first-order valence-corrected chi connectivity index (χ1v) is 10.1. The molecule has 0 radical (unpaired) electrons. The first-order valence-electron chi connectivity index (χ1n) is 10.1. The predicted octanol–water partition coefficient (Wildman–Crippen LogP) is 3.66. The van der Waals surface area contributed by atoms with Crippen LogP contribution in [0.15, 0.2) is 53.5 Å². The molecule has 0 aliphatic rings. The largest absolute Gasteiger partial charge is 0.416 e. The first kappa shape index (κ1) is 22.5. The number of nitrogens with one attached hydrogen (secondary N) is 1. The van der Waals surface area contributed by atoms with Crippen molar-refractivity contribution in [3.63, 3.8) is 0 Å². The van der Waals surface area contributed by atoms with Crippen molar-refractivity contribution < 1.29 is 22.7 Å². The van der Waals surface area contributed by atoms with Gasteiger partial charge in [0, 0.05) is 43.0 Å². The molecule has 0 fully saturated rings. The second-order valence-electron chi connectivity index (χ2n) is 7.81. The minimum Gasteiger partial charge on any atom is -0.383 e. The molecule has 2 heterocycles. The topological polar surface area (TPSA) is 78.2 Å². The summed E-state index contributed by atoms with van der Waals surface area (Å²) < 4.78 is 46.8. The van der Waals surface area contributed by atoms with E-state index >= 15 is 0 Å². The van der Waals surface area contributed by atoms with E-state index in [1.54, 1.807) is 31.4 Å². The molecular weight excluding hydrogens is 437 g/mol. The highest BCUT2D eigenvalue weighted by Crippen LogP contribution is 2.30. The van der Waals surface area contributed by atoms with Gasteiger partial charge in [-0.3, -0.25) is 18.8 Å². The number of nitrogens with zero attached hydrogens (tertiary/aromatic N) is 3. The number of fused-ring (bicyclic) bond motifs is 3. The van der Waals surface area contributed by atoms with Gasteiger partial charge in [-0.15, -0.1) is 0 Å². The van der Waals surface area contributed by atoms with Crippen LogP contribution in [-0.4, -0.2) is 40.0 Å². The highest BCUT2D eigenvalue weighted by Gasteiger charge is 2.30. The van der Waals surface area contributed by atoms with E-state index in [1.807, 2.05) is 6.92 Å². The van der Waals surface area contributed by atoms with Gasteiger partial charge in [0.25, 0.3) is 11.5 Å². The number of ether oxygens (including phenoxy) is 1. The van der Waals surface area contributed by atoms with E-state index in [0.717, 1.165) is 12.1 Å². The van der Waals surface area contributed by atoms with Crippen molar-refractivity contribution in [2.24, 2.45) is 7.05 Å². The Kier molecular flexibility index (Phi) is 5.71. The third-order valence-electron chi connectivity index (χ3n) is 5.26. The van der Waals surface area contributed by atoms with E-state index in [-0.39, 0.29) is 23.0 Å². The Morgan fingerprint density at radius 2 is 1.85 bits per heavy atom. The quantitative estimate of drug-likeness (QED) is 0.495. The number of carbonyl (C=O) groups is 1. The van der Waals surface area contributed by atoms with Crippen LogP contribution in [-0.2, 0) is 18.0 Å². The fourth-order valence-corrected chi connectivity index (χ4v) is 3.79. The third kappa shape index (κ3) is 4.21. The zero-order valence-electron chi connectivity index (χ0n) is 18.1. The maximum Gasteiger partial charge on any atom is 0.416 e. The Balaban J connectivity index is 1.91. The average molecular weight is 458 g/mol. The fraction of sp³-hybridized carbons (Fsp3) is 0.261. The van der Waals surface area contributed by atoms with Crippen LogP contribution in [0.25, 0.3) is 27.5 Å². The lowest BCUT2D eigenvalue weighted by Gasteiger charge is -2.15. The minimum absolute atomic E-state index is 0.214. The molecule has 7 nitrogen and oxygen atoms in total. The van der Waals surface area contributed by atoms with Gasteiger partial charge in [0.2, 0.25) is 0 Å². The van der Waals surface area contributed by atoms with Gasteiger partial charge in [-0.25, -0.2) is 0 Å². The van der Waals surface area contributed by atoms with Gasteiger partial charge >= 0.3 is 6.18 Å². The van der Waals surface area contributed by atoms with Gasteiger partial charge in [-0.05, 0) is 49.4 Å². The number of aryl methyl sites for hydroxylation is 1. The average Bonchev–Trinajstić information content (AvgIpc) is 3.16. The molecule has 10 heteroatoms. The van der Waals surface area contributed by atoms with Crippen LogP contribution in [0, 0.1) is 0 Å². The number of pyridine rings is 1. The molecule has 0 saturated carbocycles. The number of rotatable bonds is 5. The zero-order chi connectivity index (χ0) is 23.9. The summed E-state index contributed by atoms with van der Waals surface area (Å²) in [5.74, 6) is -0.321. The van der Waals surface area contributed by atoms with Gasteiger partial charge in [-0.1, -0.05) is 0 Å². The molecule has 33 heavy (non-hydrogen) atoms. The van der Waals surface area contributed by atoms with Gasteiger partial charge in [-0.2, -0.15) is 18.3 Å². The highest BCUT2D eigenvalue weighted by atomic mass is 19.4. The van der Waals surface area contributed by atoms with Crippen molar-refractivity contribution in [2.75, 3.05) is 13.7 Å². The summed E-state index contributed by atoms with van der Waals surface area (Å²) in [7, 11) is 3.20. The lowest BCUT2D eigenvalue weighted by Crippen LogP contribution is -2.35. The molecule has 172 valence electrons. The number of amides is 1. The van der Waals surface area contributed by atoms with Gasteiger partial charge in [0.1, 0.15) is 5.52 Å². The summed E-state index contributed by atoms with van der Waals surface area (Å²) in [6.45, 7) is 2.15. The monoisotopic (exact) mass is 458 g/mol. The van der Waals surface area contributed by atoms with Crippen molar-refractivity contribution in [1.82, 2.24) is 19.7 Å². The van der Waals surface area contributed by atoms with Crippen LogP contribution in [0.5, 0.6) is 0 Å². The standard InChI is InChI=1S/C23H21F3N4O3/c1-13(12-33-3)27-21(31)14-4-9-19-17(10-14)20-18(11-29(2)28-20)22(32)30(19)16-7-5-15(6-8-16)23(24,25)26/h4-11,13H,12H2,1-3H3,(H,27,31). The number of carbonyl (C=O) groups excluding carboxylic acids is 1. The summed E-state index contributed by atoms with van der Waals surface area (Å²) in [5, 5.41) is 8.02. The summed E-state index contributed by atoms with van der Waals surface area (Å²) in [6.07, 6.45) is -2.94. The maximum absolute atomic E-state index is 13.3. The second kappa shape index (κ2) is 8.36. The molecule has 1 N–H and O–H groups in total. The van der Waals surface area contributed by atoms with Crippen molar-refractivity contribution in [3.05, 3.63) is 70.1 Å². The number of hydrogen-bond acceptors (Lipinski definition) is 4. The van der Waals surface area contributed by atoms with E-state index in [4.69, 9.17) is 4.74 Å². The van der Waals surface area contributed by atoms with Gasteiger partial charge in [0.05, 0.1) is 23.1 Å². The molecular formula is C23H21F3N4O3. The van der Waals surface area contributed by atoms with E-state index in [1.165, 1.54) is 28.5 Å². The maximum atomic E-state index is 13.3. The molecule has 0 aliphatic carbocycles. The number of alkyl halides is 3. The lowest BCUT2D eigenvalue weighted by atomic mass is 10.1. The first-order chi connectivity index (χ1) is 15.6. The van der Waals surface area contributed by atoms with E-state index in [9.17, 15) is 22.8 Å². The minimum atomic E-state index is -4.49. The smallest absolute Gasteiger partial charge is 0.383 e. The zero-order valence-corrected chi connectivity index (χ0v) is 18.1. The predicted molar refractivity (Wildman–Crippen MR) is 118 cm³/mol. The number of hydrogen-bond donors (Lipinski definition) is 1. The SMILES string of the molecule is COCC(C)NC(=O)c1ccc2c(c1)c1nn(C)cc1c(=O)n2-c1ccc(C(F)(F)F)cc1. The Morgan fingerprint density at radius 3 is 2.48 bits per heavy atom. The molecule has 1 atom stereocenters. The molecule has 0 spiro atoms. The van der Waals surface area contributed by atoms with Crippen LogP contribution in [0.1, 0.15) is 22.8 Å². The number of halogens is 3. The van der Waals surface area contributed by atoms with Crippen LogP contribution >= 0.6 is 0 Å². The van der Waals surface area contributed by atoms with Crippen LogP contribution in [0.4, 0.5) is 13.2 Å². The molecule has 1 unspecified atom stereocenters. The van der Waals surface area contributed by atoms with Crippen molar-refractivity contribution in [1.29, 1.82) is 0 Å². The molecule has 2 aromatic heterocycles. The van der Waals surface area contributed by atoms with Gasteiger partial charge < -0.3 is 10.1 Å². The van der Waals surface area contributed by atoms with Crippen LogP contribution in [0.3, 0.4) is 0 Å². The van der Waals surface area contributed by atoms with E-state index in [0.29, 0.717) is 28.6 Å². The summed E-state index contributed by atoms with van der Waals surface area (Å²) in [4.78, 5) is 26.0. The summed E-state index contributed by atoms with van der Waals surface area (Å²) in [5.41, 5.74) is 0.226. The van der Waals surface area contributed by atoms with E-state index in [2.05, 4.69) is 10.4 Å². The molecule has 0 saturated heterocycles. The van der Waals surface area contributed by atoms with Crippen molar-refractivity contribution in [3.8, 4) is 5.69 Å². The fourth-order valence-electron chi connectivity index (χ4n) is 3.79. The molecule has 4 aromatic rings. The van der Waals surface area contributed by atoms with Crippen molar-refractivity contribution in [2.45, 2.75) is 19.1 Å². The Labute approximate surface area is 186 Å². The Hall–Kier alpha value is -3.66. The molecule has 4 rings (SSSR count).